The van der Waals surface area contributed by atoms with Crippen molar-refractivity contribution in [3.8, 4) is 0 Å². The van der Waals surface area contributed by atoms with Gasteiger partial charge in [0.15, 0.2) is 0 Å². The van der Waals surface area contributed by atoms with Crippen LogP contribution >= 0.6 is 0 Å². The Morgan fingerprint density at radius 3 is 2.05 bits per heavy atom. The number of hydrogen-bond acceptors (Lipinski definition) is 4. The van der Waals surface area contributed by atoms with Crippen LogP contribution in [0.3, 0.4) is 0 Å². The van der Waals surface area contributed by atoms with E-state index in [0.717, 1.165) is 27.4 Å². The summed E-state index contributed by atoms with van der Waals surface area (Å²) in [5.41, 5.74) is 3.56. The highest BCUT2D eigenvalue weighted by Crippen LogP contribution is 2.27. The summed E-state index contributed by atoms with van der Waals surface area (Å²) in [5.74, 6) is -1.34. The fourth-order valence-electron chi connectivity index (χ4n) is 4.23. The number of anilines is 1. The molecule has 3 aromatic rings. The number of sulfonamides is 1. The quantitative estimate of drug-likeness (QED) is 0.366. The van der Waals surface area contributed by atoms with Gasteiger partial charge in [0, 0.05) is 13.1 Å². The summed E-state index contributed by atoms with van der Waals surface area (Å²) in [5, 5.41) is 2.80. The molecule has 1 N–H and O–H groups in total. The molecule has 0 aliphatic heterocycles. The normalized spacial score (nSPS) is 12.1. The first-order valence-electron chi connectivity index (χ1n) is 12.9. The van der Waals surface area contributed by atoms with Gasteiger partial charge in [-0.15, -0.1) is 0 Å². The lowest BCUT2D eigenvalue weighted by Gasteiger charge is -2.32. The van der Waals surface area contributed by atoms with Gasteiger partial charge in [0.05, 0.1) is 10.6 Å². The molecule has 9 heteroatoms. The second-order valence-corrected chi connectivity index (χ2v) is 11.6. The first kappa shape index (κ1) is 29.8. The molecule has 0 aliphatic carbocycles. The van der Waals surface area contributed by atoms with Gasteiger partial charge in [0.25, 0.3) is 10.0 Å². The fourth-order valence-corrected chi connectivity index (χ4v) is 5.62. The van der Waals surface area contributed by atoms with Crippen LogP contribution in [0, 0.1) is 26.6 Å². The molecule has 208 valence electrons. The zero-order valence-electron chi connectivity index (χ0n) is 23.1. The lowest BCUT2D eigenvalue weighted by Crippen LogP contribution is -2.51. The van der Waals surface area contributed by atoms with Crippen LogP contribution in [0.2, 0.25) is 0 Å². The van der Waals surface area contributed by atoms with Crippen LogP contribution in [0.15, 0.2) is 71.6 Å². The number of amides is 2. The van der Waals surface area contributed by atoms with Gasteiger partial charge < -0.3 is 10.2 Å². The minimum Gasteiger partial charge on any atom is -0.354 e. The molecule has 0 bridgehead atoms. The SMILES string of the molecule is CCCNC(=O)C(C)N(Cc1ccc(F)cc1)C(=O)CN(c1cc(C)cc(C)c1)S(=O)(=O)c1ccc(C)cc1. The predicted octanol–water partition coefficient (Wildman–Crippen LogP) is 4.89. The molecule has 0 saturated carbocycles. The Hall–Kier alpha value is -3.72. The van der Waals surface area contributed by atoms with Crippen LogP contribution in [-0.2, 0) is 26.2 Å². The number of benzene rings is 3. The Morgan fingerprint density at radius 2 is 1.49 bits per heavy atom. The van der Waals surface area contributed by atoms with Gasteiger partial charge in [0.1, 0.15) is 18.4 Å². The van der Waals surface area contributed by atoms with Crippen LogP contribution < -0.4 is 9.62 Å². The van der Waals surface area contributed by atoms with Gasteiger partial charge in [-0.1, -0.05) is 42.8 Å². The molecular weight excluding hydrogens is 517 g/mol. The first-order valence-corrected chi connectivity index (χ1v) is 14.4. The van der Waals surface area contributed by atoms with E-state index in [1.165, 1.54) is 41.3 Å². The number of hydrogen-bond donors (Lipinski definition) is 1. The maximum Gasteiger partial charge on any atom is 0.264 e. The third kappa shape index (κ3) is 7.66. The summed E-state index contributed by atoms with van der Waals surface area (Å²) >= 11 is 0. The molecule has 0 aliphatic rings. The van der Waals surface area contributed by atoms with Gasteiger partial charge in [-0.25, -0.2) is 12.8 Å². The number of carbonyl (C=O) groups is 2. The standard InChI is InChI=1S/C30H36FN3O4S/c1-6-15-32-30(36)24(5)33(19-25-9-11-26(31)12-10-25)29(35)20-34(27-17-22(3)16-23(4)18-27)39(37,38)28-13-7-21(2)8-14-28/h7-14,16-18,24H,6,15,19-20H2,1-5H3,(H,32,36). The zero-order chi connectivity index (χ0) is 28.7. The summed E-state index contributed by atoms with van der Waals surface area (Å²) in [7, 11) is -4.14. The van der Waals surface area contributed by atoms with Crippen LogP contribution in [0.25, 0.3) is 0 Å². The Balaban J connectivity index is 2.04. The highest BCUT2D eigenvalue weighted by molar-refractivity contribution is 7.92. The van der Waals surface area contributed by atoms with Crippen LogP contribution in [0.1, 0.15) is 42.5 Å². The lowest BCUT2D eigenvalue weighted by molar-refractivity contribution is -0.139. The van der Waals surface area contributed by atoms with Gasteiger partial charge in [-0.2, -0.15) is 0 Å². The van der Waals surface area contributed by atoms with Crippen molar-refractivity contribution in [3.05, 3.63) is 94.8 Å². The molecule has 0 aromatic heterocycles. The highest BCUT2D eigenvalue weighted by atomic mass is 32.2. The van der Waals surface area contributed by atoms with Crippen molar-refractivity contribution in [1.82, 2.24) is 10.2 Å². The number of halogens is 1. The molecule has 3 rings (SSSR count). The third-order valence-electron chi connectivity index (χ3n) is 6.36. The third-order valence-corrected chi connectivity index (χ3v) is 8.15. The van der Waals surface area contributed by atoms with Gasteiger partial charge in [0.2, 0.25) is 11.8 Å². The van der Waals surface area contributed by atoms with Gasteiger partial charge in [-0.3, -0.25) is 13.9 Å². The summed E-state index contributed by atoms with van der Waals surface area (Å²) in [4.78, 5) is 28.2. The maximum atomic E-state index is 13.9. The smallest absolute Gasteiger partial charge is 0.264 e. The van der Waals surface area contributed by atoms with Crippen molar-refractivity contribution in [3.63, 3.8) is 0 Å². The molecule has 0 fully saturated rings. The number of aryl methyl sites for hydroxylation is 3. The molecule has 7 nitrogen and oxygen atoms in total. The molecule has 1 atom stereocenters. The van der Waals surface area contributed by atoms with E-state index in [1.54, 1.807) is 31.2 Å². The van der Waals surface area contributed by atoms with Crippen LogP contribution in [-0.4, -0.2) is 44.3 Å². The Bertz CT molecular complexity index is 1390. The molecule has 0 saturated heterocycles. The number of carbonyl (C=O) groups excluding carboxylic acids is 2. The molecule has 0 heterocycles. The van der Waals surface area contributed by atoms with E-state index in [2.05, 4.69) is 5.32 Å². The topological polar surface area (TPSA) is 86.8 Å². The summed E-state index contributed by atoms with van der Waals surface area (Å²) < 4.78 is 42.4. The van der Waals surface area contributed by atoms with Crippen LogP contribution in [0.4, 0.5) is 10.1 Å². The molecule has 0 spiro atoms. The molecule has 3 aromatic carbocycles. The largest absolute Gasteiger partial charge is 0.354 e. The predicted molar refractivity (Wildman–Crippen MR) is 151 cm³/mol. The maximum absolute atomic E-state index is 13.9. The monoisotopic (exact) mass is 553 g/mol. The Labute approximate surface area is 230 Å². The van der Waals surface area contributed by atoms with E-state index in [4.69, 9.17) is 0 Å². The van der Waals surface area contributed by atoms with E-state index in [1.807, 2.05) is 33.8 Å². The Kier molecular flexibility index (Phi) is 9.86. The van der Waals surface area contributed by atoms with E-state index in [-0.39, 0.29) is 17.3 Å². The van der Waals surface area contributed by atoms with Crippen molar-refractivity contribution >= 4 is 27.5 Å². The van der Waals surface area contributed by atoms with E-state index < -0.39 is 34.3 Å². The number of nitrogens with one attached hydrogen (secondary N) is 1. The molecule has 39 heavy (non-hydrogen) atoms. The van der Waals surface area contributed by atoms with Gasteiger partial charge >= 0.3 is 0 Å². The van der Waals surface area contributed by atoms with Crippen molar-refractivity contribution in [1.29, 1.82) is 0 Å². The van der Waals surface area contributed by atoms with Crippen molar-refractivity contribution in [2.45, 2.75) is 58.5 Å². The Morgan fingerprint density at radius 1 is 0.897 bits per heavy atom. The molecular formula is C30H36FN3O4S. The van der Waals surface area contributed by atoms with E-state index in [0.29, 0.717) is 17.8 Å². The summed E-state index contributed by atoms with van der Waals surface area (Å²) in [6, 6.07) is 16.5. The number of nitrogens with zero attached hydrogens (tertiary/aromatic N) is 2. The van der Waals surface area contributed by atoms with E-state index >= 15 is 0 Å². The minimum absolute atomic E-state index is 0.00505. The average molecular weight is 554 g/mol. The van der Waals surface area contributed by atoms with Crippen molar-refractivity contribution in [2.24, 2.45) is 0 Å². The molecule has 0 radical (unpaired) electrons. The second kappa shape index (κ2) is 12.9. The molecule has 2 amide bonds. The number of rotatable bonds is 11. The van der Waals surface area contributed by atoms with Gasteiger partial charge in [-0.05, 0) is 87.2 Å². The van der Waals surface area contributed by atoms with Crippen LogP contribution in [0.5, 0.6) is 0 Å². The fraction of sp³-hybridized carbons (Fsp3) is 0.333. The average Bonchev–Trinajstić information content (AvgIpc) is 2.89. The lowest BCUT2D eigenvalue weighted by atomic mass is 10.1. The zero-order valence-corrected chi connectivity index (χ0v) is 23.9. The minimum atomic E-state index is -4.14. The van der Waals surface area contributed by atoms with E-state index in [9.17, 15) is 22.4 Å². The summed E-state index contributed by atoms with van der Waals surface area (Å²) in [6.07, 6.45) is 0.722. The molecule has 1 unspecified atom stereocenters. The van der Waals surface area contributed by atoms with Crippen molar-refractivity contribution < 1.29 is 22.4 Å². The van der Waals surface area contributed by atoms with Crippen molar-refractivity contribution in [2.75, 3.05) is 17.4 Å². The highest BCUT2D eigenvalue weighted by Gasteiger charge is 2.32. The second-order valence-electron chi connectivity index (χ2n) is 9.79. The summed E-state index contributed by atoms with van der Waals surface area (Å²) in [6.45, 7) is 9.02. The first-order chi connectivity index (χ1) is 18.4.